The zero-order chi connectivity index (χ0) is 36.5. The summed E-state index contributed by atoms with van der Waals surface area (Å²) in [7, 11) is 0. The van der Waals surface area contributed by atoms with Gasteiger partial charge in [-0.15, -0.1) is 0 Å². The number of nitrogens with one attached hydrogen (secondary N) is 2. The van der Waals surface area contributed by atoms with Gasteiger partial charge >= 0.3 is 23.3 Å². The van der Waals surface area contributed by atoms with E-state index in [9.17, 15) is 19.2 Å². The fourth-order valence-corrected chi connectivity index (χ4v) is 6.97. The molecule has 2 N–H and O–H groups in total. The molecule has 14 nitrogen and oxygen atoms in total. The second kappa shape index (κ2) is 17.1. The maximum atomic E-state index is 12.5. The summed E-state index contributed by atoms with van der Waals surface area (Å²) < 4.78 is 10.2. The minimum atomic E-state index is -0.512. The van der Waals surface area contributed by atoms with E-state index in [1.54, 1.807) is 0 Å². The number of hydrogen-bond donors (Lipinski definition) is 2. The lowest BCUT2D eigenvalue weighted by Crippen LogP contribution is -2.17. The van der Waals surface area contributed by atoms with Crippen LogP contribution >= 0.6 is 0 Å². The zero-order valence-electron chi connectivity index (χ0n) is 30.1. The van der Waals surface area contributed by atoms with Crippen LogP contribution in [-0.2, 0) is 12.8 Å². The van der Waals surface area contributed by atoms with Gasteiger partial charge in [-0.1, -0.05) is 56.3 Å². The SMILES string of the molecule is CCCCCc1cc(=O)oc2nc(ON=C3CCC4(CC3)CC4)[nH]c(=O)c12.CCCCCc1cc(=O)oc2nc(ON=C3CCCCC3)[nH]c(=O)c12. The molecular formula is C38H48N6O8. The molecule has 3 saturated carbocycles. The summed E-state index contributed by atoms with van der Waals surface area (Å²) in [6, 6.07) is 2.66. The van der Waals surface area contributed by atoms with E-state index in [2.05, 4.69) is 44.1 Å². The van der Waals surface area contributed by atoms with Crippen LogP contribution in [0.2, 0.25) is 0 Å². The number of oxime groups is 2. The summed E-state index contributed by atoms with van der Waals surface area (Å²) in [5.74, 6) is 0. The first-order valence-corrected chi connectivity index (χ1v) is 18.9. The minimum Gasteiger partial charge on any atom is -0.403 e. The molecule has 3 fully saturated rings. The molecule has 0 atom stereocenters. The number of aromatic amines is 2. The Bertz CT molecular complexity index is 2150. The van der Waals surface area contributed by atoms with Gasteiger partial charge in [-0.2, -0.15) is 9.97 Å². The van der Waals surface area contributed by atoms with Crippen LogP contribution < -0.4 is 32.0 Å². The lowest BCUT2D eigenvalue weighted by molar-refractivity contribution is 0.302. The number of rotatable bonds is 12. The number of unbranched alkanes of at least 4 members (excludes halogenated alkanes) is 4. The highest BCUT2D eigenvalue weighted by Crippen LogP contribution is 2.55. The first-order chi connectivity index (χ1) is 25.3. The van der Waals surface area contributed by atoms with Crippen molar-refractivity contribution < 1.29 is 18.5 Å². The van der Waals surface area contributed by atoms with Crippen molar-refractivity contribution >= 4 is 33.6 Å². The molecule has 0 aliphatic heterocycles. The fourth-order valence-electron chi connectivity index (χ4n) is 6.97. The van der Waals surface area contributed by atoms with E-state index in [4.69, 9.17) is 18.5 Å². The summed E-state index contributed by atoms with van der Waals surface area (Å²) in [6.45, 7) is 4.21. The van der Waals surface area contributed by atoms with Crippen molar-refractivity contribution in [1.82, 2.24) is 19.9 Å². The Labute approximate surface area is 300 Å². The van der Waals surface area contributed by atoms with Crippen molar-refractivity contribution in [3.63, 3.8) is 0 Å². The van der Waals surface area contributed by atoms with Crippen molar-refractivity contribution in [2.45, 2.75) is 136 Å². The van der Waals surface area contributed by atoms with E-state index in [0.29, 0.717) is 40.2 Å². The van der Waals surface area contributed by atoms with Crippen molar-refractivity contribution in [1.29, 1.82) is 0 Å². The maximum Gasteiger partial charge on any atom is 0.337 e. The summed E-state index contributed by atoms with van der Waals surface area (Å²) >= 11 is 0. The summed E-state index contributed by atoms with van der Waals surface area (Å²) in [5, 5.41) is 8.87. The van der Waals surface area contributed by atoms with Crippen molar-refractivity contribution in [3.8, 4) is 12.0 Å². The number of aryl methyl sites for hydroxylation is 2. The molecule has 0 saturated heterocycles. The average molecular weight is 717 g/mol. The van der Waals surface area contributed by atoms with E-state index in [1.807, 2.05) is 0 Å². The monoisotopic (exact) mass is 716 g/mol. The van der Waals surface area contributed by atoms with Crippen LogP contribution in [0.4, 0.5) is 0 Å². The Hall–Kier alpha value is -4.88. The van der Waals surface area contributed by atoms with E-state index in [-0.39, 0.29) is 34.6 Å². The molecule has 0 unspecified atom stereocenters. The highest BCUT2D eigenvalue weighted by molar-refractivity contribution is 5.85. The third kappa shape index (κ3) is 9.51. The fraction of sp³-hybridized carbons (Fsp3) is 0.579. The highest BCUT2D eigenvalue weighted by atomic mass is 16.6. The molecule has 3 aliphatic rings. The van der Waals surface area contributed by atoms with Crippen LogP contribution in [0.3, 0.4) is 0 Å². The predicted molar refractivity (Wildman–Crippen MR) is 198 cm³/mol. The van der Waals surface area contributed by atoms with Crippen LogP contribution in [0, 0.1) is 5.41 Å². The van der Waals surface area contributed by atoms with Gasteiger partial charge in [0.05, 0.1) is 11.4 Å². The van der Waals surface area contributed by atoms with Gasteiger partial charge in [-0.3, -0.25) is 19.6 Å². The summed E-state index contributed by atoms with van der Waals surface area (Å²) in [5.41, 5.74) is 2.11. The second-order valence-electron chi connectivity index (χ2n) is 14.3. The smallest absolute Gasteiger partial charge is 0.337 e. The van der Waals surface area contributed by atoms with E-state index < -0.39 is 11.3 Å². The van der Waals surface area contributed by atoms with Gasteiger partial charge in [0.15, 0.2) is 0 Å². The number of fused-ring (bicyclic) bond motifs is 2. The predicted octanol–water partition coefficient (Wildman–Crippen LogP) is 7.01. The topological polar surface area (TPSA) is 195 Å². The van der Waals surface area contributed by atoms with Crippen LogP contribution in [-0.4, -0.2) is 31.4 Å². The van der Waals surface area contributed by atoms with Crippen LogP contribution in [0.5, 0.6) is 12.0 Å². The lowest BCUT2D eigenvalue weighted by atomic mass is 9.85. The third-order valence-corrected chi connectivity index (χ3v) is 10.2. The molecule has 0 amide bonds. The van der Waals surface area contributed by atoms with Crippen molar-refractivity contribution in [2.24, 2.45) is 15.7 Å². The molecule has 7 rings (SSSR count). The van der Waals surface area contributed by atoms with Crippen LogP contribution in [0.25, 0.3) is 22.2 Å². The maximum absolute atomic E-state index is 12.5. The normalized spacial score (nSPS) is 16.4. The number of aromatic nitrogens is 4. The van der Waals surface area contributed by atoms with Gasteiger partial charge in [0.1, 0.15) is 10.8 Å². The zero-order valence-corrected chi connectivity index (χ0v) is 30.1. The Morgan fingerprint density at radius 3 is 1.56 bits per heavy atom. The Kier molecular flexibility index (Phi) is 12.1. The number of H-pyrrole nitrogens is 2. The minimum absolute atomic E-state index is 0.00147. The molecule has 0 bridgehead atoms. The van der Waals surface area contributed by atoms with Crippen LogP contribution in [0.1, 0.15) is 134 Å². The first kappa shape index (κ1) is 36.9. The van der Waals surface area contributed by atoms with E-state index in [1.165, 1.54) is 31.4 Å². The molecule has 0 radical (unpaired) electrons. The Morgan fingerprint density at radius 2 is 1.12 bits per heavy atom. The van der Waals surface area contributed by atoms with Crippen molar-refractivity contribution in [2.75, 3.05) is 0 Å². The Balaban J connectivity index is 0.000000179. The quantitative estimate of drug-likeness (QED) is 0.114. The largest absolute Gasteiger partial charge is 0.403 e. The molecule has 3 aliphatic carbocycles. The Morgan fingerprint density at radius 1 is 0.654 bits per heavy atom. The molecule has 1 spiro atoms. The molecule has 4 aromatic heterocycles. The van der Waals surface area contributed by atoms with Gasteiger partial charge in [0.2, 0.25) is 11.4 Å². The third-order valence-electron chi connectivity index (χ3n) is 10.2. The van der Waals surface area contributed by atoms with E-state index in [0.717, 1.165) is 101 Å². The van der Waals surface area contributed by atoms with Gasteiger partial charge in [0.25, 0.3) is 11.1 Å². The molecule has 4 heterocycles. The van der Waals surface area contributed by atoms with Gasteiger partial charge in [-0.05, 0) is 106 Å². The van der Waals surface area contributed by atoms with Gasteiger partial charge in [-0.25, -0.2) is 9.59 Å². The second-order valence-corrected chi connectivity index (χ2v) is 14.3. The molecule has 14 heteroatoms. The van der Waals surface area contributed by atoms with Crippen molar-refractivity contribution in [3.05, 3.63) is 64.8 Å². The molecule has 0 aromatic carbocycles. The molecule has 52 heavy (non-hydrogen) atoms. The number of hydrogen-bond acceptors (Lipinski definition) is 12. The van der Waals surface area contributed by atoms with E-state index >= 15 is 0 Å². The van der Waals surface area contributed by atoms with Crippen LogP contribution in [0.15, 0.2) is 50.5 Å². The summed E-state index contributed by atoms with van der Waals surface area (Å²) in [4.78, 5) is 72.7. The number of nitrogens with zero attached hydrogens (tertiary/aromatic N) is 4. The van der Waals surface area contributed by atoms with Gasteiger partial charge in [0, 0.05) is 12.1 Å². The molecule has 4 aromatic rings. The average Bonchev–Trinajstić information content (AvgIpc) is 3.89. The standard InChI is InChI=1S/C20H25N3O4.C18H23N3O4/c1-2-3-4-5-13-12-15(24)26-18-16(13)17(25)21-19(22-18)27-23-14-6-8-20(9-7-14)10-11-20;1-2-3-5-8-12-11-14(22)24-17-15(12)16(23)19-18(20-17)25-21-13-9-6-4-7-10-13/h12H,2-11H2,1H3,(H,21,22,25);11H,2-10H2,1H3,(H,19,20,23). The molecule has 278 valence electrons. The molecular weight excluding hydrogens is 668 g/mol. The summed E-state index contributed by atoms with van der Waals surface area (Å²) in [6.07, 6.45) is 19.3. The van der Waals surface area contributed by atoms with Gasteiger partial charge < -0.3 is 18.5 Å². The highest BCUT2D eigenvalue weighted by Gasteiger charge is 2.44. The lowest BCUT2D eigenvalue weighted by Gasteiger charge is -2.21. The first-order valence-electron chi connectivity index (χ1n) is 18.9.